The van der Waals surface area contributed by atoms with E-state index in [1.165, 1.54) is 40.3 Å². The number of hydrogen-bond donors (Lipinski definition) is 1. The van der Waals surface area contributed by atoms with Crippen molar-refractivity contribution in [2.24, 2.45) is 0 Å². The second kappa shape index (κ2) is 10.3. The number of morpholine rings is 1. The molecule has 1 fully saturated rings. The number of amides is 1. The van der Waals surface area contributed by atoms with Crippen LogP contribution in [0.1, 0.15) is 23.1 Å². The van der Waals surface area contributed by atoms with Crippen molar-refractivity contribution < 1.29 is 27.5 Å². The lowest BCUT2D eigenvalue weighted by Crippen LogP contribution is -2.40. The molecule has 1 saturated heterocycles. The summed E-state index contributed by atoms with van der Waals surface area (Å²) >= 11 is 0. The van der Waals surface area contributed by atoms with E-state index in [9.17, 15) is 18.0 Å². The average molecular weight is 500 g/mol. The molecule has 4 rings (SSSR count). The Hall–Kier alpha value is -3.61. The van der Waals surface area contributed by atoms with E-state index >= 15 is 0 Å². The largest absolute Gasteiger partial charge is 0.448 e. The summed E-state index contributed by atoms with van der Waals surface area (Å²) in [4.78, 5) is 26.6. The van der Waals surface area contributed by atoms with Gasteiger partial charge < -0.3 is 14.8 Å². The van der Waals surface area contributed by atoms with Gasteiger partial charge in [-0.1, -0.05) is 18.2 Å². The van der Waals surface area contributed by atoms with Crippen molar-refractivity contribution in [3.63, 3.8) is 0 Å². The maximum Gasteiger partial charge on any atom is 0.361 e. The third-order valence-electron chi connectivity index (χ3n) is 5.35. The Balaban J connectivity index is 1.37. The number of aryl methyl sites for hydroxylation is 1. The summed E-state index contributed by atoms with van der Waals surface area (Å²) in [6.07, 6.45) is -1.12. The highest BCUT2D eigenvalue weighted by Crippen LogP contribution is 2.20. The smallest absolute Gasteiger partial charge is 0.361 e. The fraction of sp³-hybridized carbons (Fsp3) is 0.304. The molecule has 0 radical (unpaired) electrons. The predicted molar refractivity (Wildman–Crippen MR) is 126 cm³/mol. The minimum atomic E-state index is -3.64. The molecule has 1 aliphatic rings. The van der Waals surface area contributed by atoms with Crippen LogP contribution in [0.5, 0.6) is 0 Å². The highest BCUT2D eigenvalue weighted by atomic mass is 32.2. The van der Waals surface area contributed by atoms with Crippen molar-refractivity contribution in [3.05, 3.63) is 66.0 Å². The minimum Gasteiger partial charge on any atom is -0.448 e. The number of benzene rings is 2. The van der Waals surface area contributed by atoms with Gasteiger partial charge in [0.1, 0.15) is 0 Å². The number of aromatic nitrogens is 3. The van der Waals surface area contributed by atoms with Crippen LogP contribution in [0.4, 0.5) is 5.69 Å². The van der Waals surface area contributed by atoms with Gasteiger partial charge in [-0.15, -0.1) is 5.10 Å². The number of esters is 1. The van der Waals surface area contributed by atoms with Crippen LogP contribution in [-0.4, -0.2) is 72.0 Å². The second-order valence-corrected chi connectivity index (χ2v) is 9.77. The number of hydrogen-bond acceptors (Lipinski definition) is 8. The molecular weight excluding hydrogens is 474 g/mol. The molecule has 11 nitrogen and oxygen atoms in total. The lowest BCUT2D eigenvalue weighted by atomic mass is 10.3. The molecule has 12 heteroatoms. The number of carbonyl (C=O) groups is 2. The zero-order valence-corrected chi connectivity index (χ0v) is 20.1. The van der Waals surface area contributed by atoms with Crippen LogP contribution in [0, 0.1) is 6.92 Å². The first-order chi connectivity index (χ1) is 16.8. The Kier molecular flexibility index (Phi) is 7.24. The van der Waals surface area contributed by atoms with Gasteiger partial charge in [0, 0.05) is 18.8 Å². The molecule has 0 saturated carbocycles. The van der Waals surface area contributed by atoms with Crippen LogP contribution in [-0.2, 0) is 24.3 Å². The average Bonchev–Trinajstić information content (AvgIpc) is 3.27. The van der Waals surface area contributed by atoms with E-state index in [1.807, 2.05) is 18.2 Å². The van der Waals surface area contributed by atoms with Crippen LogP contribution in [0.15, 0.2) is 59.5 Å². The van der Waals surface area contributed by atoms with E-state index in [0.29, 0.717) is 43.4 Å². The molecule has 1 aromatic heterocycles. The van der Waals surface area contributed by atoms with Crippen molar-refractivity contribution >= 4 is 27.6 Å². The van der Waals surface area contributed by atoms with E-state index in [2.05, 4.69) is 15.5 Å². The first kappa shape index (κ1) is 24.5. The fourth-order valence-electron chi connectivity index (χ4n) is 3.40. The summed E-state index contributed by atoms with van der Waals surface area (Å²) in [5.41, 5.74) is 1.42. The topological polar surface area (TPSA) is 133 Å². The molecule has 1 atom stereocenters. The highest BCUT2D eigenvalue weighted by molar-refractivity contribution is 7.89. The van der Waals surface area contributed by atoms with Crippen LogP contribution < -0.4 is 5.32 Å². The van der Waals surface area contributed by atoms with Crippen molar-refractivity contribution in [2.75, 3.05) is 31.6 Å². The Bertz CT molecular complexity index is 1300. The van der Waals surface area contributed by atoms with E-state index in [0.717, 1.165) is 0 Å². The van der Waals surface area contributed by atoms with Gasteiger partial charge in [0.25, 0.3) is 5.91 Å². The molecule has 1 aliphatic heterocycles. The maximum absolute atomic E-state index is 12.7. The molecular formula is C23H25N5O6S. The number of ether oxygens (including phenoxy) is 2. The molecule has 0 aliphatic carbocycles. The van der Waals surface area contributed by atoms with Crippen molar-refractivity contribution in [1.29, 1.82) is 0 Å². The van der Waals surface area contributed by atoms with Crippen LogP contribution in [0.3, 0.4) is 0 Å². The molecule has 0 spiro atoms. The Morgan fingerprint density at radius 3 is 2.34 bits per heavy atom. The van der Waals surface area contributed by atoms with E-state index in [1.54, 1.807) is 19.1 Å². The summed E-state index contributed by atoms with van der Waals surface area (Å²) in [5, 5.41) is 11.0. The third-order valence-corrected chi connectivity index (χ3v) is 7.26. The number of para-hydroxylation sites is 1. The monoisotopic (exact) mass is 499 g/mol. The molecule has 1 N–H and O–H groups in total. The number of nitrogens with one attached hydrogen (secondary N) is 1. The van der Waals surface area contributed by atoms with E-state index in [-0.39, 0.29) is 10.6 Å². The molecule has 184 valence electrons. The highest BCUT2D eigenvalue weighted by Gasteiger charge is 2.27. The summed E-state index contributed by atoms with van der Waals surface area (Å²) in [6, 6.07) is 14.9. The first-order valence-corrected chi connectivity index (χ1v) is 12.4. The molecule has 0 bridgehead atoms. The number of carbonyl (C=O) groups excluding carboxylic acids is 2. The van der Waals surface area contributed by atoms with Crippen LogP contribution in [0.2, 0.25) is 0 Å². The van der Waals surface area contributed by atoms with Crippen LogP contribution >= 0.6 is 0 Å². The number of nitrogens with zero attached hydrogens (tertiary/aromatic N) is 4. The summed E-state index contributed by atoms with van der Waals surface area (Å²) in [6.45, 7) is 4.35. The quantitative estimate of drug-likeness (QED) is 0.487. The number of rotatable bonds is 7. The van der Waals surface area contributed by atoms with Crippen LogP contribution in [0.25, 0.3) is 5.69 Å². The number of sulfonamides is 1. The summed E-state index contributed by atoms with van der Waals surface area (Å²) < 4.78 is 37.3. The lowest BCUT2D eigenvalue weighted by molar-refractivity contribution is -0.123. The van der Waals surface area contributed by atoms with Crippen molar-refractivity contribution in [2.45, 2.75) is 24.8 Å². The molecule has 2 aromatic carbocycles. The Morgan fingerprint density at radius 2 is 1.69 bits per heavy atom. The molecule has 2 heterocycles. The third kappa shape index (κ3) is 5.56. The molecule has 3 aromatic rings. The summed E-state index contributed by atoms with van der Waals surface area (Å²) in [7, 11) is -3.64. The van der Waals surface area contributed by atoms with Crippen molar-refractivity contribution in [3.8, 4) is 5.69 Å². The van der Waals surface area contributed by atoms with Gasteiger partial charge in [0.15, 0.2) is 11.8 Å². The van der Waals surface area contributed by atoms with Gasteiger partial charge in [-0.3, -0.25) is 4.79 Å². The second-order valence-electron chi connectivity index (χ2n) is 7.84. The van der Waals surface area contributed by atoms with Gasteiger partial charge in [-0.25, -0.2) is 13.2 Å². The van der Waals surface area contributed by atoms with Gasteiger partial charge >= 0.3 is 5.97 Å². The van der Waals surface area contributed by atoms with Gasteiger partial charge in [0.05, 0.1) is 29.5 Å². The normalized spacial score (nSPS) is 15.4. The number of anilines is 1. The Morgan fingerprint density at radius 1 is 1.03 bits per heavy atom. The summed E-state index contributed by atoms with van der Waals surface area (Å²) in [5.74, 6) is -1.35. The lowest BCUT2D eigenvalue weighted by Gasteiger charge is -2.26. The molecule has 1 amide bonds. The standard InChI is InChI=1S/C23H25N5O6S/c1-16-21(26-28(25-16)19-6-4-3-5-7-19)23(30)34-17(2)22(29)24-18-8-10-20(11-9-18)35(31,32)27-12-14-33-15-13-27/h3-11,17H,12-15H2,1-2H3,(H,24,29). The van der Waals surface area contributed by atoms with Gasteiger partial charge in [-0.05, 0) is 50.2 Å². The van der Waals surface area contributed by atoms with Gasteiger partial charge in [-0.2, -0.15) is 14.2 Å². The predicted octanol–water partition coefficient (Wildman–Crippen LogP) is 1.78. The van der Waals surface area contributed by atoms with E-state index < -0.39 is 28.0 Å². The van der Waals surface area contributed by atoms with Gasteiger partial charge in [0.2, 0.25) is 10.0 Å². The Labute approximate surface area is 202 Å². The fourth-order valence-corrected chi connectivity index (χ4v) is 4.81. The molecule has 35 heavy (non-hydrogen) atoms. The zero-order chi connectivity index (χ0) is 25.0. The van der Waals surface area contributed by atoms with Crippen molar-refractivity contribution in [1.82, 2.24) is 19.3 Å². The minimum absolute atomic E-state index is 0.00572. The van der Waals surface area contributed by atoms with E-state index in [4.69, 9.17) is 9.47 Å². The first-order valence-electron chi connectivity index (χ1n) is 10.9. The molecule has 1 unspecified atom stereocenters. The maximum atomic E-state index is 12.7. The zero-order valence-electron chi connectivity index (χ0n) is 19.2. The SMILES string of the molecule is Cc1nn(-c2ccccc2)nc1C(=O)OC(C)C(=O)Nc1ccc(S(=O)(=O)N2CCOCC2)cc1.